The highest BCUT2D eigenvalue weighted by atomic mass is 32.2. The van der Waals surface area contributed by atoms with Crippen LogP contribution in [0.2, 0.25) is 0 Å². The van der Waals surface area contributed by atoms with Crippen molar-refractivity contribution in [3.8, 4) is 0 Å². The second-order valence-corrected chi connectivity index (χ2v) is 5.26. The van der Waals surface area contributed by atoms with Crippen molar-refractivity contribution in [3.63, 3.8) is 0 Å². The summed E-state index contributed by atoms with van der Waals surface area (Å²) < 4.78 is 21.8. The first-order chi connectivity index (χ1) is 5.54. The van der Waals surface area contributed by atoms with Crippen molar-refractivity contribution >= 4 is 21.4 Å². The first-order valence-electron chi connectivity index (χ1n) is 3.35. The fraction of sp³-hybridized carbons (Fsp3) is 0.333. The Morgan fingerprint density at radius 2 is 2.08 bits per heavy atom. The van der Waals surface area contributed by atoms with Gasteiger partial charge in [-0.3, -0.25) is 0 Å². The van der Waals surface area contributed by atoms with Gasteiger partial charge in [0, 0.05) is 4.88 Å². The molecule has 0 fully saturated rings. The van der Waals surface area contributed by atoms with Gasteiger partial charge in [0.25, 0.3) is 0 Å². The minimum absolute atomic E-state index is 0.200. The molecular formula is C6H10N2O2S2. The van der Waals surface area contributed by atoms with E-state index in [1.165, 1.54) is 17.4 Å². The van der Waals surface area contributed by atoms with E-state index in [4.69, 9.17) is 10.9 Å². The molecule has 4 N–H and O–H groups in total. The van der Waals surface area contributed by atoms with Crippen molar-refractivity contribution in [2.24, 2.45) is 10.9 Å². The lowest BCUT2D eigenvalue weighted by Gasteiger charge is -1.90. The molecule has 0 radical (unpaired) electrons. The van der Waals surface area contributed by atoms with Crippen LogP contribution in [0.3, 0.4) is 0 Å². The summed E-state index contributed by atoms with van der Waals surface area (Å²) in [6.45, 7) is 0.518. The predicted molar refractivity (Wildman–Crippen MR) is 48.5 cm³/mol. The van der Waals surface area contributed by atoms with Crippen LogP contribution in [0.1, 0.15) is 4.88 Å². The number of sulfonamides is 1. The summed E-state index contributed by atoms with van der Waals surface area (Å²) in [6, 6.07) is 3.24. The molecule has 0 saturated heterocycles. The molecule has 0 bridgehead atoms. The summed E-state index contributed by atoms with van der Waals surface area (Å²) in [5.41, 5.74) is 5.30. The number of hydrogen-bond acceptors (Lipinski definition) is 4. The summed E-state index contributed by atoms with van der Waals surface area (Å²) >= 11 is 1.17. The normalized spacial score (nSPS) is 11.8. The van der Waals surface area contributed by atoms with Crippen LogP contribution >= 0.6 is 11.3 Å². The largest absolute Gasteiger partial charge is 0.330 e. The molecule has 0 aliphatic carbocycles. The van der Waals surface area contributed by atoms with Crippen molar-refractivity contribution < 1.29 is 8.42 Å². The molecule has 1 heterocycles. The van der Waals surface area contributed by atoms with E-state index < -0.39 is 10.0 Å². The summed E-state index contributed by atoms with van der Waals surface area (Å²) in [5.74, 6) is 0. The Bertz CT molecular complexity index is 355. The SMILES string of the molecule is NCCc1ccc(S(N)(=O)=O)s1. The minimum atomic E-state index is -3.52. The van der Waals surface area contributed by atoms with Gasteiger partial charge in [-0.15, -0.1) is 11.3 Å². The van der Waals surface area contributed by atoms with Gasteiger partial charge in [0.05, 0.1) is 0 Å². The van der Waals surface area contributed by atoms with Gasteiger partial charge >= 0.3 is 0 Å². The Labute approximate surface area is 75.2 Å². The minimum Gasteiger partial charge on any atom is -0.330 e. The number of thiophene rings is 1. The van der Waals surface area contributed by atoms with E-state index in [1.54, 1.807) is 6.07 Å². The van der Waals surface area contributed by atoms with Crippen LogP contribution in [0.25, 0.3) is 0 Å². The average Bonchev–Trinajstić information content (AvgIpc) is 2.35. The second-order valence-electron chi connectivity index (χ2n) is 2.30. The zero-order chi connectivity index (χ0) is 9.19. The number of primary sulfonamides is 1. The maximum absolute atomic E-state index is 10.8. The Balaban J connectivity index is 2.92. The van der Waals surface area contributed by atoms with E-state index in [-0.39, 0.29) is 4.21 Å². The summed E-state index contributed by atoms with van der Waals surface area (Å²) in [5, 5.41) is 4.92. The second kappa shape index (κ2) is 3.53. The Hall–Kier alpha value is -0.430. The van der Waals surface area contributed by atoms with E-state index in [0.717, 1.165) is 4.88 Å². The van der Waals surface area contributed by atoms with Gasteiger partial charge in [-0.25, -0.2) is 13.6 Å². The van der Waals surface area contributed by atoms with Crippen LogP contribution in [0.15, 0.2) is 16.3 Å². The third-order valence-electron chi connectivity index (χ3n) is 1.31. The van der Waals surface area contributed by atoms with Crippen LogP contribution in [-0.4, -0.2) is 15.0 Å². The van der Waals surface area contributed by atoms with Crippen LogP contribution in [-0.2, 0) is 16.4 Å². The third kappa shape index (κ3) is 2.28. The van der Waals surface area contributed by atoms with Crippen LogP contribution in [0, 0.1) is 0 Å². The molecule has 6 heteroatoms. The van der Waals surface area contributed by atoms with Crippen molar-refractivity contribution in [2.45, 2.75) is 10.6 Å². The van der Waals surface area contributed by atoms with Crippen LogP contribution in [0.5, 0.6) is 0 Å². The zero-order valence-corrected chi connectivity index (χ0v) is 7.99. The highest BCUT2D eigenvalue weighted by Gasteiger charge is 2.10. The van der Waals surface area contributed by atoms with Crippen LogP contribution < -0.4 is 10.9 Å². The van der Waals surface area contributed by atoms with Gasteiger partial charge in [-0.1, -0.05) is 0 Å². The average molecular weight is 206 g/mol. The molecule has 0 saturated carbocycles. The first-order valence-corrected chi connectivity index (χ1v) is 5.72. The highest BCUT2D eigenvalue weighted by Crippen LogP contribution is 2.19. The predicted octanol–water partition coefficient (Wildman–Crippen LogP) is -0.103. The third-order valence-corrected chi connectivity index (χ3v) is 3.89. The van der Waals surface area contributed by atoms with E-state index in [0.29, 0.717) is 13.0 Å². The molecule has 4 nitrogen and oxygen atoms in total. The monoisotopic (exact) mass is 206 g/mol. The van der Waals surface area contributed by atoms with Crippen molar-refractivity contribution in [3.05, 3.63) is 17.0 Å². The summed E-state index contributed by atoms with van der Waals surface area (Å²) in [6.07, 6.45) is 0.695. The summed E-state index contributed by atoms with van der Waals surface area (Å²) in [4.78, 5) is 0.946. The highest BCUT2D eigenvalue weighted by molar-refractivity contribution is 7.91. The molecule has 0 spiro atoms. The Kier molecular flexibility index (Phi) is 2.84. The van der Waals surface area contributed by atoms with Gasteiger partial charge < -0.3 is 5.73 Å². The Morgan fingerprint density at radius 3 is 2.50 bits per heavy atom. The number of nitrogens with two attached hydrogens (primary N) is 2. The van der Waals surface area contributed by atoms with Crippen LogP contribution in [0.4, 0.5) is 0 Å². The summed E-state index contributed by atoms with van der Waals surface area (Å²) in [7, 11) is -3.52. The van der Waals surface area contributed by atoms with E-state index in [9.17, 15) is 8.42 Å². The zero-order valence-electron chi connectivity index (χ0n) is 6.36. The molecule has 0 aromatic carbocycles. The number of rotatable bonds is 3. The molecular weight excluding hydrogens is 196 g/mol. The fourth-order valence-electron chi connectivity index (χ4n) is 0.788. The molecule has 0 aliphatic heterocycles. The smallest absolute Gasteiger partial charge is 0.247 e. The Morgan fingerprint density at radius 1 is 1.42 bits per heavy atom. The molecule has 68 valence electrons. The molecule has 0 atom stereocenters. The fourth-order valence-corrected chi connectivity index (χ4v) is 2.58. The molecule has 0 aliphatic rings. The molecule has 0 unspecified atom stereocenters. The molecule has 1 aromatic rings. The lowest BCUT2D eigenvalue weighted by atomic mass is 10.3. The lowest BCUT2D eigenvalue weighted by molar-refractivity contribution is 0.600. The van der Waals surface area contributed by atoms with E-state index >= 15 is 0 Å². The van der Waals surface area contributed by atoms with Gasteiger partial charge in [-0.05, 0) is 25.1 Å². The lowest BCUT2D eigenvalue weighted by Crippen LogP contribution is -2.09. The molecule has 0 amide bonds. The van der Waals surface area contributed by atoms with E-state index in [2.05, 4.69) is 0 Å². The maximum Gasteiger partial charge on any atom is 0.247 e. The van der Waals surface area contributed by atoms with Gasteiger partial charge in [-0.2, -0.15) is 0 Å². The van der Waals surface area contributed by atoms with Gasteiger partial charge in [0.1, 0.15) is 4.21 Å². The van der Waals surface area contributed by atoms with Crippen molar-refractivity contribution in [2.75, 3.05) is 6.54 Å². The van der Waals surface area contributed by atoms with Crippen molar-refractivity contribution in [1.82, 2.24) is 0 Å². The standard InChI is InChI=1S/C6H10N2O2S2/c7-4-3-5-1-2-6(11-5)12(8,9)10/h1-2H,3-4,7H2,(H2,8,9,10). The van der Waals surface area contributed by atoms with Gasteiger partial charge in [0.2, 0.25) is 10.0 Å². The molecule has 1 rings (SSSR count). The van der Waals surface area contributed by atoms with Crippen molar-refractivity contribution in [1.29, 1.82) is 0 Å². The topological polar surface area (TPSA) is 86.2 Å². The number of hydrogen-bond donors (Lipinski definition) is 2. The van der Waals surface area contributed by atoms with Gasteiger partial charge in [0.15, 0.2) is 0 Å². The van der Waals surface area contributed by atoms with E-state index in [1.807, 2.05) is 0 Å². The first kappa shape index (κ1) is 9.66. The molecule has 1 aromatic heterocycles. The molecule has 12 heavy (non-hydrogen) atoms. The quantitative estimate of drug-likeness (QED) is 0.724. The maximum atomic E-state index is 10.8.